The van der Waals surface area contributed by atoms with E-state index in [0.29, 0.717) is 29.0 Å². The second-order valence-electron chi connectivity index (χ2n) is 6.06. The molecular formula is C19H23FN2O3. The van der Waals surface area contributed by atoms with E-state index in [4.69, 9.17) is 4.74 Å². The van der Waals surface area contributed by atoms with E-state index in [1.807, 2.05) is 19.0 Å². The molecule has 0 aliphatic carbocycles. The molecule has 5 nitrogen and oxygen atoms in total. The van der Waals surface area contributed by atoms with Crippen LogP contribution in [0.15, 0.2) is 42.5 Å². The van der Waals surface area contributed by atoms with Crippen molar-refractivity contribution in [1.82, 2.24) is 10.2 Å². The molecule has 0 aromatic heterocycles. The van der Waals surface area contributed by atoms with Gasteiger partial charge in [0, 0.05) is 18.7 Å². The number of nitrogens with one attached hydrogen (secondary N) is 1. The van der Waals surface area contributed by atoms with Crippen LogP contribution in [0.3, 0.4) is 0 Å². The number of nitrogens with zero attached hydrogens (tertiary/aromatic N) is 1. The number of methoxy groups -OCH3 is 1. The number of rotatable bonds is 7. The van der Waals surface area contributed by atoms with Crippen molar-refractivity contribution in [3.63, 3.8) is 0 Å². The van der Waals surface area contributed by atoms with Gasteiger partial charge in [0.15, 0.2) is 6.10 Å². The van der Waals surface area contributed by atoms with Crippen molar-refractivity contribution in [1.29, 1.82) is 0 Å². The highest BCUT2D eigenvalue weighted by molar-refractivity contribution is 5.82. The largest absolute Gasteiger partial charge is 0.497 e. The predicted octanol–water partition coefficient (Wildman–Crippen LogP) is 2.25. The van der Waals surface area contributed by atoms with Crippen LogP contribution in [-0.2, 0) is 17.9 Å². The van der Waals surface area contributed by atoms with Crippen LogP contribution in [0, 0.1) is 5.82 Å². The number of carbonyl (C=O) groups is 1. The average molecular weight is 346 g/mol. The summed E-state index contributed by atoms with van der Waals surface area (Å²) in [5.41, 5.74) is 1.66. The van der Waals surface area contributed by atoms with Crippen molar-refractivity contribution >= 4 is 5.91 Å². The molecule has 25 heavy (non-hydrogen) atoms. The summed E-state index contributed by atoms with van der Waals surface area (Å²) in [5.74, 6) is -0.303. The molecule has 1 amide bonds. The maximum absolute atomic E-state index is 14.0. The highest BCUT2D eigenvalue weighted by atomic mass is 19.1. The average Bonchev–Trinajstić information content (AvgIpc) is 2.60. The molecule has 0 aliphatic rings. The van der Waals surface area contributed by atoms with Crippen LogP contribution < -0.4 is 10.1 Å². The zero-order valence-electron chi connectivity index (χ0n) is 14.6. The first kappa shape index (κ1) is 18.9. The van der Waals surface area contributed by atoms with Gasteiger partial charge in [-0.2, -0.15) is 0 Å². The Kier molecular flexibility index (Phi) is 6.50. The van der Waals surface area contributed by atoms with Crippen molar-refractivity contribution in [2.75, 3.05) is 21.2 Å². The van der Waals surface area contributed by atoms with Gasteiger partial charge in [-0.3, -0.25) is 4.79 Å². The summed E-state index contributed by atoms with van der Waals surface area (Å²) in [5, 5.41) is 12.8. The van der Waals surface area contributed by atoms with Crippen LogP contribution in [0.2, 0.25) is 0 Å². The zero-order chi connectivity index (χ0) is 18.4. The van der Waals surface area contributed by atoms with E-state index in [1.54, 1.807) is 36.4 Å². The Hall–Kier alpha value is -2.44. The molecular weight excluding hydrogens is 323 g/mol. The summed E-state index contributed by atoms with van der Waals surface area (Å²) in [4.78, 5) is 14.0. The number of amides is 1. The van der Waals surface area contributed by atoms with Gasteiger partial charge in [-0.05, 0) is 43.4 Å². The Labute approximate surface area is 147 Å². The fourth-order valence-electron chi connectivity index (χ4n) is 2.42. The summed E-state index contributed by atoms with van der Waals surface area (Å²) in [7, 11) is 5.25. The minimum absolute atomic E-state index is 0.138. The van der Waals surface area contributed by atoms with Crippen LogP contribution in [0.1, 0.15) is 22.8 Å². The summed E-state index contributed by atoms with van der Waals surface area (Å²) >= 11 is 0. The molecule has 2 aromatic rings. The molecule has 2 rings (SSSR count). The summed E-state index contributed by atoms with van der Waals surface area (Å²) in [6, 6.07) is 11.5. The fourth-order valence-corrected chi connectivity index (χ4v) is 2.42. The Morgan fingerprint density at radius 2 is 2.04 bits per heavy atom. The molecule has 2 aromatic carbocycles. The summed E-state index contributed by atoms with van der Waals surface area (Å²) in [6.45, 7) is 0.645. The van der Waals surface area contributed by atoms with Crippen LogP contribution in [-0.4, -0.2) is 37.1 Å². The third kappa shape index (κ3) is 5.27. The Morgan fingerprint density at radius 3 is 2.68 bits per heavy atom. The standard InChI is InChI=1S/C19H23FN2O3/c1-22(2)12-15-8-7-13(9-17(15)20)11-21-19(24)18(23)14-5-4-6-16(10-14)25-3/h4-10,18,23H,11-12H2,1-3H3,(H,21,24). The number of hydrogen-bond acceptors (Lipinski definition) is 4. The fraction of sp³-hybridized carbons (Fsp3) is 0.316. The Morgan fingerprint density at radius 1 is 1.28 bits per heavy atom. The minimum atomic E-state index is -1.31. The van der Waals surface area contributed by atoms with Gasteiger partial charge in [0.2, 0.25) is 0 Å². The van der Waals surface area contributed by atoms with Gasteiger partial charge in [0.05, 0.1) is 7.11 Å². The van der Waals surface area contributed by atoms with E-state index in [9.17, 15) is 14.3 Å². The summed E-state index contributed by atoms with van der Waals surface area (Å²) in [6.07, 6.45) is -1.31. The summed E-state index contributed by atoms with van der Waals surface area (Å²) < 4.78 is 19.1. The van der Waals surface area contributed by atoms with Crippen molar-refractivity contribution in [3.05, 3.63) is 65.0 Å². The highest BCUT2D eigenvalue weighted by Gasteiger charge is 2.17. The Bertz CT molecular complexity index is 734. The van der Waals surface area contributed by atoms with Crippen molar-refractivity contribution in [2.24, 2.45) is 0 Å². The van der Waals surface area contributed by atoms with E-state index in [-0.39, 0.29) is 12.4 Å². The smallest absolute Gasteiger partial charge is 0.253 e. The van der Waals surface area contributed by atoms with Crippen LogP contribution in [0.4, 0.5) is 4.39 Å². The van der Waals surface area contributed by atoms with Gasteiger partial charge in [0.25, 0.3) is 5.91 Å². The van der Waals surface area contributed by atoms with Gasteiger partial charge in [-0.1, -0.05) is 24.3 Å². The third-order valence-corrected chi connectivity index (χ3v) is 3.73. The molecule has 0 fully saturated rings. The monoisotopic (exact) mass is 346 g/mol. The number of ether oxygens (including phenoxy) is 1. The van der Waals surface area contributed by atoms with Crippen LogP contribution >= 0.6 is 0 Å². The number of hydrogen-bond donors (Lipinski definition) is 2. The zero-order valence-corrected chi connectivity index (χ0v) is 14.6. The predicted molar refractivity (Wildman–Crippen MR) is 93.6 cm³/mol. The van der Waals surface area contributed by atoms with Gasteiger partial charge in [-0.15, -0.1) is 0 Å². The lowest BCUT2D eigenvalue weighted by molar-refractivity contribution is -0.129. The second-order valence-corrected chi connectivity index (χ2v) is 6.06. The maximum atomic E-state index is 14.0. The third-order valence-electron chi connectivity index (χ3n) is 3.73. The first-order valence-corrected chi connectivity index (χ1v) is 7.92. The molecule has 134 valence electrons. The number of aliphatic hydroxyl groups excluding tert-OH is 1. The lowest BCUT2D eigenvalue weighted by Crippen LogP contribution is -2.28. The normalized spacial score (nSPS) is 12.1. The topological polar surface area (TPSA) is 61.8 Å². The van der Waals surface area contributed by atoms with Gasteiger partial charge in [0.1, 0.15) is 11.6 Å². The number of aliphatic hydroxyl groups is 1. The minimum Gasteiger partial charge on any atom is -0.497 e. The van der Waals surface area contributed by atoms with Crippen LogP contribution in [0.25, 0.3) is 0 Å². The van der Waals surface area contributed by atoms with E-state index >= 15 is 0 Å². The number of halogens is 1. The van der Waals surface area contributed by atoms with E-state index in [0.717, 1.165) is 0 Å². The van der Waals surface area contributed by atoms with Crippen molar-refractivity contribution in [3.8, 4) is 5.75 Å². The number of carbonyl (C=O) groups excluding carboxylic acids is 1. The molecule has 2 N–H and O–H groups in total. The second kappa shape index (κ2) is 8.60. The quantitative estimate of drug-likeness (QED) is 0.807. The van der Waals surface area contributed by atoms with E-state index < -0.39 is 12.0 Å². The van der Waals surface area contributed by atoms with Gasteiger partial charge < -0.3 is 20.1 Å². The van der Waals surface area contributed by atoms with Gasteiger partial charge in [-0.25, -0.2) is 4.39 Å². The molecule has 0 heterocycles. The lowest BCUT2D eigenvalue weighted by Gasteiger charge is -2.14. The molecule has 0 aliphatic heterocycles. The molecule has 1 atom stereocenters. The lowest BCUT2D eigenvalue weighted by atomic mass is 10.1. The van der Waals surface area contributed by atoms with Crippen molar-refractivity contribution in [2.45, 2.75) is 19.2 Å². The van der Waals surface area contributed by atoms with Crippen molar-refractivity contribution < 1.29 is 19.0 Å². The molecule has 0 radical (unpaired) electrons. The molecule has 0 saturated carbocycles. The molecule has 0 saturated heterocycles. The SMILES string of the molecule is COc1cccc(C(O)C(=O)NCc2ccc(CN(C)C)c(F)c2)c1. The molecule has 0 spiro atoms. The highest BCUT2D eigenvalue weighted by Crippen LogP contribution is 2.19. The molecule has 1 unspecified atom stereocenters. The Balaban J connectivity index is 1.98. The van der Waals surface area contributed by atoms with E-state index in [1.165, 1.54) is 13.2 Å². The van der Waals surface area contributed by atoms with Crippen LogP contribution in [0.5, 0.6) is 5.75 Å². The number of benzene rings is 2. The first-order chi connectivity index (χ1) is 11.9. The maximum Gasteiger partial charge on any atom is 0.253 e. The van der Waals surface area contributed by atoms with Gasteiger partial charge >= 0.3 is 0 Å². The van der Waals surface area contributed by atoms with E-state index in [2.05, 4.69) is 5.32 Å². The molecule has 0 bridgehead atoms. The first-order valence-electron chi connectivity index (χ1n) is 7.92. The molecule has 6 heteroatoms.